The first-order chi connectivity index (χ1) is 11.7. The van der Waals surface area contributed by atoms with Crippen molar-refractivity contribution in [1.29, 1.82) is 0 Å². The Balaban J connectivity index is 1.76. The quantitative estimate of drug-likeness (QED) is 0.706. The van der Waals surface area contributed by atoms with Gasteiger partial charge in [-0.15, -0.1) is 0 Å². The summed E-state index contributed by atoms with van der Waals surface area (Å²) in [5.74, 6) is 0. The number of nitrogens with zero attached hydrogens (tertiary/aromatic N) is 1. The molecule has 0 radical (unpaired) electrons. The Morgan fingerprint density at radius 2 is 2.00 bits per heavy atom. The van der Waals surface area contributed by atoms with Crippen molar-refractivity contribution in [2.24, 2.45) is 0 Å². The van der Waals surface area contributed by atoms with Gasteiger partial charge in [-0.1, -0.05) is 23.7 Å². The molecule has 2 aromatic carbocycles. The van der Waals surface area contributed by atoms with Crippen molar-refractivity contribution in [2.45, 2.75) is 12.5 Å². The fourth-order valence-electron chi connectivity index (χ4n) is 3.38. The lowest BCUT2D eigenvalue weighted by Crippen LogP contribution is -2.30. The fraction of sp³-hybridized carbons (Fsp3) is 0.222. The first-order valence-corrected chi connectivity index (χ1v) is 8.20. The molecule has 4 rings (SSSR count). The maximum absolute atomic E-state index is 11.5. The summed E-state index contributed by atoms with van der Waals surface area (Å²) in [7, 11) is 1.35. The zero-order valence-electron chi connectivity index (χ0n) is 13.2. The normalized spacial score (nSPS) is 16.8. The summed E-state index contributed by atoms with van der Waals surface area (Å²) in [4.78, 5) is 20.2. The van der Waals surface area contributed by atoms with Crippen LogP contribution >= 0.6 is 11.6 Å². The lowest BCUT2D eigenvalue weighted by atomic mass is 9.94. The van der Waals surface area contributed by atoms with Crippen LogP contribution in [0, 0.1) is 4.91 Å². The monoisotopic (exact) mass is 342 g/mol. The fourth-order valence-corrected chi connectivity index (χ4v) is 3.55. The van der Waals surface area contributed by atoms with E-state index >= 15 is 0 Å². The molecule has 1 unspecified atom stereocenters. The number of halogens is 1. The van der Waals surface area contributed by atoms with Crippen LogP contribution in [0.1, 0.15) is 22.9 Å². The molecule has 1 aromatic heterocycles. The molecule has 1 atom stereocenters. The van der Waals surface area contributed by atoms with Gasteiger partial charge in [0.25, 0.3) is 4.92 Å². The van der Waals surface area contributed by atoms with Gasteiger partial charge in [0.15, 0.2) is 7.11 Å². The average Bonchev–Trinajstić information content (AvgIpc) is 2.99. The van der Waals surface area contributed by atoms with Crippen LogP contribution in [-0.2, 0) is 11.3 Å². The van der Waals surface area contributed by atoms with Crippen molar-refractivity contribution >= 4 is 28.2 Å². The van der Waals surface area contributed by atoms with Gasteiger partial charge in [-0.25, -0.2) is 4.84 Å². The molecule has 3 aromatic rings. The van der Waals surface area contributed by atoms with E-state index < -0.39 is 0 Å². The molecular weight excluding hydrogens is 326 g/mol. The lowest BCUT2D eigenvalue weighted by Gasteiger charge is -2.24. The Bertz CT molecular complexity index is 918. The molecule has 0 spiro atoms. The van der Waals surface area contributed by atoms with Gasteiger partial charge in [0, 0.05) is 40.3 Å². The van der Waals surface area contributed by atoms with Crippen LogP contribution in [0.3, 0.4) is 0 Å². The minimum Gasteiger partial charge on any atom is -0.357 e. The van der Waals surface area contributed by atoms with Crippen molar-refractivity contribution in [2.75, 3.05) is 13.7 Å². The zero-order valence-corrected chi connectivity index (χ0v) is 13.9. The van der Waals surface area contributed by atoms with Crippen LogP contribution < -0.4 is 5.32 Å². The number of H-pyrrole nitrogens is 1. The molecule has 5 nitrogen and oxygen atoms in total. The Labute approximate surface area is 144 Å². The van der Waals surface area contributed by atoms with Crippen LogP contribution in [0.2, 0.25) is 5.02 Å². The van der Waals surface area contributed by atoms with E-state index in [-0.39, 0.29) is 6.04 Å². The van der Waals surface area contributed by atoms with E-state index in [1.807, 2.05) is 30.3 Å². The van der Waals surface area contributed by atoms with Crippen LogP contribution in [0.15, 0.2) is 42.5 Å². The first kappa shape index (κ1) is 15.2. The minimum absolute atomic E-state index is 0.0663. The smallest absolute Gasteiger partial charge is 0.316 e. The Morgan fingerprint density at radius 1 is 1.21 bits per heavy atom. The van der Waals surface area contributed by atoms with E-state index in [0.29, 0.717) is 10.6 Å². The van der Waals surface area contributed by atoms with Gasteiger partial charge in [-0.05, 0) is 35.7 Å². The third kappa shape index (κ3) is 2.46. The molecule has 24 heavy (non-hydrogen) atoms. The second-order valence-electron chi connectivity index (χ2n) is 5.88. The molecule has 0 amide bonds. The van der Waals surface area contributed by atoms with Crippen molar-refractivity contribution in [3.8, 4) is 0 Å². The van der Waals surface area contributed by atoms with Crippen molar-refractivity contribution in [3.63, 3.8) is 0 Å². The largest absolute Gasteiger partial charge is 0.357 e. The van der Waals surface area contributed by atoms with Crippen LogP contribution in [0.4, 0.5) is 5.69 Å². The number of hydrogen-bond acceptors (Lipinski definition) is 3. The average molecular weight is 343 g/mol. The minimum atomic E-state index is 0.0663. The third-order valence-electron chi connectivity index (χ3n) is 4.52. The summed E-state index contributed by atoms with van der Waals surface area (Å²) in [5.41, 5.74) is 5.14. The summed E-state index contributed by atoms with van der Waals surface area (Å²) in [6.07, 6.45) is 0.961. The summed E-state index contributed by atoms with van der Waals surface area (Å²) in [6.45, 7) is 0.893. The third-order valence-corrected chi connectivity index (χ3v) is 4.75. The summed E-state index contributed by atoms with van der Waals surface area (Å²) in [6, 6.07) is 13.4. The predicted octanol–water partition coefficient (Wildman–Crippen LogP) is 4.03. The number of fused-ring (bicyclic) bond motifs is 3. The Morgan fingerprint density at radius 3 is 2.75 bits per heavy atom. The van der Waals surface area contributed by atoms with Gasteiger partial charge in [0.2, 0.25) is 0 Å². The standard InChI is InChI=1S/C18H17ClN3O2/c1-24-22(23)13-5-2-11(3-6-13)17-18-14(8-9-20-17)15-10-12(19)4-7-16(15)21-18/h2-7,10,17,20-21H,8-9H2,1H3/q+1. The van der Waals surface area contributed by atoms with Gasteiger partial charge in [0.1, 0.15) is 0 Å². The number of nitrogens with one attached hydrogen (secondary N) is 2. The first-order valence-electron chi connectivity index (χ1n) is 7.82. The Kier molecular flexibility index (Phi) is 3.75. The molecule has 1 aliphatic heterocycles. The number of benzene rings is 2. The molecule has 0 fully saturated rings. The van der Waals surface area contributed by atoms with E-state index in [4.69, 9.17) is 11.6 Å². The van der Waals surface area contributed by atoms with Crippen LogP contribution in [-0.4, -0.2) is 23.6 Å². The summed E-state index contributed by atoms with van der Waals surface area (Å²) >= 11 is 6.16. The van der Waals surface area contributed by atoms with Crippen LogP contribution in [0.25, 0.3) is 10.9 Å². The molecule has 2 heterocycles. The SMILES string of the molecule is CO[N+](=O)c1ccc(C2NCCc3c2[nH]c2ccc(Cl)cc32)cc1. The van der Waals surface area contributed by atoms with Gasteiger partial charge < -0.3 is 10.3 Å². The molecule has 2 N–H and O–H groups in total. The molecule has 0 saturated heterocycles. The molecule has 122 valence electrons. The van der Waals surface area contributed by atoms with Crippen molar-refractivity contribution in [1.82, 2.24) is 10.3 Å². The van der Waals surface area contributed by atoms with E-state index in [2.05, 4.69) is 15.1 Å². The highest BCUT2D eigenvalue weighted by Crippen LogP contribution is 2.34. The number of rotatable bonds is 3. The number of aromatic nitrogens is 1. The molecule has 6 heteroatoms. The lowest BCUT2D eigenvalue weighted by molar-refractivity contribution is -0.736. The molecular formula is C18H17ClN3O2+. The van der Waals surface area contributed by atoms with E-state index in [1.54, 1.807) is 12.1 Å². The zero-order chi connectivity index (χ0) is 16.7. The second kappa shape index (κ2) is 5.92. The van der Waals surface area contributed by atoms with Gasteiger partial charge in [-0.2, -0.15) is 0 Å². The van der Waals surface area contributed by atoms with E-state index in [9.17, 15) is 4.91 Å². The topological polar surface area (TPSA) is 57.1 Å². The van der Waals surface area contributed by atoms with Gasteiger partial charge >= 0.3 is 5.69 Å². The molecule has 0 bridgehead atoms. The number of aromatic amines is 1. The van der Waals surface area contributed by atoms with Crippen molar-refractivity contribution < 1.29 is 9.76 Å². The summed E-state index contributed by atoms with van der Waals surface area (Å²) < 4.78 is 0. The molecule has 1 aliphatic rings. The van der Waals surface area contributed by atoms with Crippen molar-refractivity contribution in [3.05, 3.63) is 69.2 Å². The maximum atomic E-state index is 11.5. The van der Waals surface area contributed by atoms with E-state index in [1.165, 1.54) is 18.1 Å². The highest BCUT2D eigenvalue weighted by Gasteiger charge is 2.26. The second-order valence-corrected chi connectivity index (χ2v) is 6.31. The highest BCUT2D eigenvalue weighted by atomic mass is 35.5. The number of hydrogen-bond donors (Lipinski definition) is 2. The maximum Gasteiger partial charge on any atom is 0.316 e. The predicted molar refractivity (Wildman–Crippen MR) is 93.6 cm³/mol. The highest BCUT2D eigenvalue weighted by molar-refractivity contribution is 6.31. The molecule has 0 saturated carbocycles. The van der Waals surface area contributed by atoms with Gasteiger partial charge in [-0.3, -0.25) is 0 Å². The summed E-state index contributed by atoms with van der Waals surface area (Å²) in [5, 5.41) is 5.48. The van der Waals surface area contributed by atoms with Gasteiger partial charge in [0.05, 0.1) is 10.9 Å². The van der Waals surface area contributed by atoms with E-state index in [0.717, 1.165) is 34.8 Å². The van der Waals surface area contributed by atoms with Crippen LogP contribution in [0.5, 0.6) is 0 Å². The Hall–Kier alpha value is -2.37. The molecule has 0 aliphatic carbocycles.